The zero-order valence-corrected chi connectivity index (χ0v) is 20.6. The molecule has 0 saturated heterocycles. The quantitative estimate of drug-likeness (QED) is 0.515. The van der Waals surface area contributed by atoms with E-state index < -0.39 is 23.2 Å². The lowest BCUT2D eigenvalue weighted by Crippen LogP contribution is -2.61. The van der Waals surface area contributed by atoms with Crippen LogP contribution in [0, 0.1) is 40.4 Å². The summed E-state index contributed by atoms with van der Waals surface area (Å²) < 4.78 is 0. The van der Waals surface area contributed by atoms with Crippen molar-refractivity contribution in [2.24, 2.45) is 40.4 Å². The van der Waals surface area contributed by atoms with E-state index in [-0.39, 0.29) is 41.0 Å². The molecular formula is C27H44O5. The minimum absolute atomic E-state index is 0.00385. The van der Waals surface area contributed by atoms with Crippen LogP contribution in [0.4, 0.5) is 0 Å². The largest absolute Gasteiger partial charge is 0.393 e. The summed E-state index contributed by atoms with van der Waals surface area (Å²) >= 11 is 0. The zero-order valence-electron chi connectivity index (χ0n) is 20.6. The van der Waals surface area contributed by atoms with E-state index in [2.05, 4.69) is 34.6 Å². The molecule has 0 aromatic rings. The first-order valence-corrected chi connectivity index (χ1v) is 12.9. The molecule has 3 fully saturated rings. The van der Waals surface area contributed by atoms with Gasteiger partial charge in [0.2, 0.25) is 0 Å². The molecule has 0 aromatic carbocycles. The molecule has 4 rings (SSSR count). The number of hydrogen-bond acceptors (Lipinski definition) is 5. The van der Waals surface area contributed by atoms with Crippen LogP contribution in [-0.4, -0.2) is 50.1 Å². The van der Waals surface area contributed by atoms with Gasteiger partial charge in [-0.15, -0.1) is 0 Å². The second-order valence-electron chi connectivity index (χ2n) is 12.5. The molecule has 0 spiro atoms. The van der Waals surface area contributed by atoms with Crippen LogP contribution in [0.2, 0.25) is 0 Å². The van der Waals surface area contributed by atoms with Crippen LogP contribution < -0.4 is 0 Å². The molecule has 0 aromatic heterocycles. The molecular weight excluding hydrogens is 404 g/mol. The number of aliphatic hydroxyl groups excluding tert-OH is 3. The maximum Gasteiger partial charge on any atom is 0.159 e. The summed E-state index contributed by atoms with van der Waals surface area (Å²) in [6.07, 6.45) is 5.34. The predicted molar refractivity (Wildman–Crippen MR) is 124 cm³/mol. The number of ketones is 1. The second kappa shape index (κ2) is 8.18. The van der Waals surface area contributed by atoms with Gasteiger partial charge in [-0.1, -0.05) is 34.6 Å². The Labute approximate surface area is 193 Å². The zero-order chi connectivity index (χ0) is 23.6. The average molecular weight is 449 g/mol. The summed E-state index contributed by atoms with van der Waals surface area (Å²) in [4.78, 5) is 13.2. The molecule has 2 unspecified atom stereocenters. The highest BCUT2D eigenvalue weighted by atomic mass is 16.3. The standard InChI is InChI=1S/C27H44O5/c1-15(2)6-7-21(28)16(3)17-9-11-27(32)19-12-22(29)20-13-23(30)24(31)14-25(20,4)18(19)8-10-26(17,27)5/h12,15-18,20-21,23-24,28,30-32H,6-11,13-14H2,1-5H3/t16?,17-,18?,20+,21-,23-,24+,25-,26-,27-/m1/s1. The van der Waals surface area contributed by atoms with E-state index in [4.69, 9.17) is 0 Å². The maximum absolute atomic E-state index is 13.2. The Bertz CT molecular complexity index is 776. The average Bonchev–Trinajstić information content (AvgIpc) is 2.99. The van der Waals surface area contributed by atoms with E-state index in [1.807, 2.05) is 0 Å². The lowest BCUT2D eigenvalue weighted by atomic mass is 9.46. The molecule has 5 nitrogen and oxygen atoms in total. The number of fused-ring (bicyclic) bond motifs is 5. The number of hydrogen-bond donors (Lipinski definition) is 4. The van der Waals surface area contributed by atoms with Crippen molar-refractivity contribution in [1.29, 1.82) is 0 Å². The SMILES string of the molecule is CC(C)CC[C@@H](O)C(C)[C@H]1CC[C@@]2(O)C3=CC(=O)[C@@H]4C[C@@H](O)[C@@H](O)C[C@]4(C)C3CC[C@]12C. The normalized spacial score (nSPS) is 48.0. The Morgan fingerprint density at radius 3 is 2.38 bits per heavy atom. The van der Waals surface area contributed by atoms with Crippen molar-refractivity contribution >= 4 is 5.78 Å². The highest BCUT2D eigenvalue weighted by Gasteiger charge is 2.67. The Balaban J connectivity index is 1.64. The van der Waals surface area contributed by atoms with Gasteiger partial charge in [-0.3, -0.25) is 4.79 Å². The third-order valence-corrected chi connectivity index (χ3v) is 10.5. The van der Waals surface area contributed by atoms with Crippen LogP contribution in [0.25, 0.3) is 0 Å². The smallest absolute Gasteiger partial charge is 0.159 e. The van der Waals surface area contributed by atoms with Gasteiger partial charge in [-0.25, -0.2) is 0 Å². The van der Waals surface area contributed by atoms with Crippen molar-refractivity contribution in [2.45, 2.75) is 110 Å². The molecule has 10 atom stereocenters. The summed E-state index contributed by atoms with van der Waals surface area (Å²) in [5.41, 5.74) is -0.983. The molecule has 4 aliphatic rings. The molecule has 0 aliphatic heterocycles. The fourth-order valence-corrected chi connectivity index (χ4v) is 8.29. The molecule has 5 heteroatoms. The van der Waals surface area contributed by atoms with E-state index in [1.54, 1.807) is 6.08 Å². The van der Waals surface area contributed by atoms with Crippen molar-refractivity contribution in [3.05, 3.63) is 11.6 Å². The van der Waals surface area contributed by atoms with Gasteiger partial charge in [0.15, 0.2) is 5.78 Å². The molecule has 182 valence electrons. The van der Waals surface area contributed by atoms with Crippen LogP contribution in [0.1, 0.15) is 86.0 Å². The molecule has 0 radical (unpaired) electrons. The monoisotopic (exact) mass is 448 g/mol. The van der Waals surface area contributed by atoms with Crippen LogP contribution in [0.5, 0.6) is 0 Å². The molecule has 3 saturated carbocycles. The first kappa shape index (κ1) is 24.4. The minimum Gasteiger partial charge on any atom is -0.393 e. The van der Waals surface area contributed by atoms with Gasteiger partial charge in [-0.2, -0.15) is 0 Å². The van der Waals surface area contributed by atoms with Gasteiger partial charge in [0.05, 0.1) is 23.9 Å². The highest BCUT2D eigenvalue weighted by Crippen LogP contribution is 2.68. The van der Waals surface area contributed by atoms with Crippen LogP contribution in [-0.2, 0) is 4.79 Å². The van der Waals surface area contributed by atoms with Gasteiger partial charge in [-0.05, 0) is 92.1 Å². The van der Waals surface area contributed by atoms with E-state index >= 15 is 0 Å². The molecule has 0 heterocycles. The summed E-state index contributed by atoms with van der Waals surface area (Å²) in [5, 5.41) is 43.8. The molecule has 0 bridgehead atoms. The Morgan fingerprint density at radius 1 is 1.03 bits per heavy atom. The highest BCUT2D eigenvalue weighted by molar-refractivity contribution is 5.95. The summed E-state index contributed by atoms with van der Waals surface area (Å²) in [7, 11) is 0. The second-order valence-corrected chi connectivity index (χ2v) is 12.5. The van der Waals surface area contributed by atoms with Crippen molar-refractivity contribution in [2.75, 3.05) is 0 Å². The third kappa shape index (κ3) is 3.45. The molecule has 4 aliphatic carbocycles. The molecule has 32 heavy (non-hydrogen) atoms. The van der Waals surface area contributed by atoms with Crippen molar-refractivity contribution in [3.63, 3.8) is 0 Å². The van der Waals surface area contributed by atoms with Gasteiger partial charge in [0.25, 0.3) is 0 Å². The van der Waals surface area contributed by atoms with E-state index in [0.717, 1.165) is 37.7 Å². The van der Waals surface area contributed by atoms with E-state index in [1.165, 1.54) is 0 Å². The fraction of sp³-hybridized carbons (Fsp3) is 0.889. The lowest BCUT2D eigenvalue weighted by Gasteiger charge is -2.60. The number of carbonyl (C=O) groups is 1. The summed E-state index contributed by atoms with van der Waals surface area (Å²) in [6, 6.07) is 0. The summed E-state index contributed by atoms with van der Waals surface area (Å²) in [5.74, 6) is 0.604. The number of aliphatic hydroxyl groups is 4. The van der Waals surface area contributed by atoms with Gasteiger partial charge in [0.1, 0.15) is 0 Å². The first-order valence-electron chi connectivity index (χ1n) is 12.9. The molecule has 0 amide bonds. The van der Waals surface area contributed by atoms with E-state index in [9.17, 15) is 25.2 Å². The Kier molecular flexibility index (Phi) is 6.23. The predicted octanol–water partition coefficient (Wildman–Crippen LogP) is 3.62. The first-order chi connectivity index (χ1) is 14.8. The van der Waals surface area contributed by atoms with Crippen molar-refractivity contribution in [3.8, 4) is 0 Å². The van der Waals surface area contributed by atoms with Crippen LogP contribution in [0.3, 0.4) is 0 Å². The Hall–Kier alpha value is -0.750. The maximum atomic E-state index is 13.2. The third-order valence-electron chi connectivity index (χ3n) is 10.5. The van der Waals surface area contributed by atoms with E-state index in [0.29, 0.717) is 25.2 Å². The number of carbonyl (C=O) groups excluding carboxylic acids is 1. The number of rotatable bonds is 5. The minimum atomic E-state index is -1.04. The Morgan fingerprint density at radius 2 is 1.72 bits per heavy atom. The lowest BCUT2D eigenvalue weighted by molar-refractivity contribution is -0.154. The topological polar surface area (TPSA) is 98.0 Å². The fourth-order valence-electron chi connectivity index (χ4n) is 8.29. The van der Waals surface area contributed by atoms with Gasteiger partial charge >= 0.3 is 0 Å². The van der Waals surface area contributed by atoms with Crippen molar-refractivity contribution < 1.29 is 25.2 Å². The van der Waals surface area contributed by atoms with Crippen LogP contribution >= 0.6 is 0 Å². The molecule has 4 N–H and O–H groups in total. The summed E-state index contributed by atoms with van der Waals surface area (Å²) in [6.45, 7) is 10.7. The van der Waals surface area contributed by atoms with Gasteiger partial charge in [0, 0.05) is 11.3 Å². The van der Waals surface area contributed by atoms with Crippen molar-refractivity contribution in [1.82, 2.24) is 0 Å². The van der Waals surface area contributed by atoms with Crippen LogP contribution in [0.15, 0.2) is 11.6 Å². The van der Waals surface area contributed by atoms with Gasteiger partial charge < -0.3 is 20.4 Å². The number of allylic oxidation sites excluding steroid dienone is 1.